The third-order valence-electron chi connectivity index (χ3n) is 2.67. The normalized spacial score (nSPS) is 26.9. The molecule has 6 nitrogen and oxygen atoms in total. The third kappa shape index (κ3) is 3.55. The van der Waals surface area contributed by atoms with Gasteiger partial charge in [-0.25, -0.2) is 13.2 Å². The molecule has 1 atom stereocenters. The maximum Gasteiger partial charge on any atom is 0.433 e. The van der Waals surface area contributed by atoms with Gasteiger partial charge in [-0.3, -0.25) is 4.84 Å². The van der Waals surface area contributed by atoms with E-state index in [1.165, 1.54) is 6.08 Å². The van der Waals surface area contributed by atoms with Gasteiger partial charge in [0.2, 0.25) is 0 Å². The monoisotopic (exact) mass is 258 g/mol. The highest BCUT2D eigenvalue weighted by Gasteiger charge is 2.26. The summed E-state index contributed by atoms with van der Waals surface area (Å²) in [5.74, 6) is 0.322. The lowest BCUT2D eigenvalue weighted by Crippen LogP contribution is -2.35. The van der Waals surface area contributed by atoms with E-state index < -0.39 is 22.0 Å². The minimum absolute atomic E-state index is 0.118. The van der Waals surface area contributed by atoms with Gasteiger partial charge in [0.1, 0.15) is 0 Å². The molecule has 1 saturated carbocycles. The molecule has 1 heterocycles. The number of nitrogens with one attached hydrogen (secondary N) is 1. The number of hydrogen-bond donors (Lipinski definition) is 1. The summed E-state index contributed by atoms with van der Waals surface area (Å²) in [6.07, 6.45) is 2.87. The van der Waals surface area contributed by atoms with Crippen LogP contribution in [-0.2, 0) is 14.7 Å². The fourth-order valence-corrected chi connectivity index (χ4v) is 2.77. The highest BCUT2D eigenvalue weighted by molar-refractivity contribution is 7.94. The van der Waals surface area contributed by atoms with Crippen LogP contribution in [0.2, 0.25) is 0 Å². The third-order valence-corrected chi connectivity index (χ3v) is 4.07. The summed E-state index contributed by atoms with van der Waals surface area (Å²) in [5.41, 5.74) is 0.801. The van der Waals surface area contributed by atoms with Crippen molar-refractivity contribution in [1.82, 2.24) is 5.32 Å². The molecule has 2 rings (SSSR count). The molecule has 1 fully saturated rings. The molecule has 0 aromatic rings. The van der Waals surface area contributed by atoms with Crippen LogP contribution in [0, 0.1) is 5.92 Å². The standard InChI is InChI=1S/C10H14N2O4S/c1-7(8-2-3-8)12-16-10(13)11-9-4-5-17(14,15)6-9/h4-5,8-9H,2-3,6H2,1H3,(H,11,13)/b12-7+/t9-/m0/s1. The Balaban J connectivity index is 1.78. The number of carbonyl (C=O) groups excluding carboxylic acids is 1. The average molecular weight is 258 g/mol. The minimum atomic E-state index is -3.16. The van der Waals surface area contributed by atoms with Crippen molar-refractivity contribution in [3.05, 3.63) is 11.5 Å². The van der Waals surface area contributed by atoms with Crippen molar-refractivity contribution in [1.29, 1.82) is 0 Å². The molecular weight excluding hydrogens is 244 g/mol. The van der Waals surface area contributed by atoms with Gasteiger partial charge in [0, 0.05) is 11.3 Å². The zero-order chi connectivity index (χ0) is 12.5. The fraction of sp³-hybridized carbons (Fsp3) is 0.600. The molecule has 1 aliphatic carbocycles. The molecule has 0 unspecified atom stereocenters. The van der Waals surface area contributed by atoms with Crippen LogP contribution in [0.4, 0.5) is 4.79 Å². The number of nitrogens with zero attached hydrogens (tertiary/aromatic N) is 1. The summed E-state index contributed by atoms with van der Waals surface area (Å²) in [5, 5.41) is 7.20. The highest BCUT2D eigenvalue weighted by atomic mass is 32.2. The quantitative estimate of drug-likeness (QED) is 0.461. The largest absolute Gasteiger partial charge is 0.433 e. The van der Waals surface area contributed by atoms with E-state index in [9.17, 15) is 13.2 Å². The molecule has 1 amide bonds. The molecule has 94 valence electrons. The highest BCUT2D eigenvalue weighted by Crippen LogP contribution is 2.30. The first-order chi connectivity index (χ1) is 7.96. The molecule has 2 aliphatic rings. The number of hydrogen-bond acceptors (Lipinski definition) is 5. The van der Waals surface area contributed by atoms with Crippen molar-refractivity contribution < 1.29 is 18.0 Å². The van der Waals surface area contributed by atoms with E-state index in [1.54, 1.807) is 0 Å². The van der Waals surface area contributed by atoms with E-state index in [2.05, 4.69) is 15.3 Å². The summed E-state index contributed by atoms with van der Waals surface area (Å²) >= 11 is 0. The molecule has 0 aromatic carbocycles. The van der Waals surface area contributed by atoms with Crippen LogP contribution in [0.5, 0.6) is 0 Å². The minimum Gasteiger partial charge on any atom is -0.312 e. The number of amides is 1. The second-order valence-electron chi connectivity index (χ2n) is 4.29. The number of oxime groups is 1. The molecule has 7 heteroatoms. The Morgan fingerprint density at radius 3 is 2.71 bits per heavy atom. The van der Waals surface area contributed by atoms with Gasteiger partial charge in [0.05, 0.1) is 17.5 Å². The van der Waals surface area contributed by atoms with Gasteiger partial charge >= 0.3 is 6.09 Å². The molecule has 0 bridgehead atoms. The molecule has 0 aromatic heterocycles. The number of sulfone groups is 1. The maximum absolute atomic E-state index is 11.3. The van der Waals surface area contributed by atoms with Gasteiger partial charge in [-0.1, -0.05) is 5.16 Å². The Morgan fingerprint density at radius 1 is 1.47 bits per heavy atom. The molecular formula is C10H14N2O4S. The van der Waals surface area contributed by atoms with Gasteiger partial charge in [0.25, 0.3) is 0 Å². The summed E-state index contributed by atoms with van der Waals surface area (Å²) in [4.78, 5) is 15.9. The lowest BCUT2D eigenvalue weighted by molar-refractivity contribution is 0.149. The van der Waals surface area contributed by atoms with Crippen molar-refractivity contribution >= 4 is 21.6 Å². The van der Waals surface area contributed by atoms with E-state index in [-0.39, 0.29) is 5.75 Å². The van der Waals surface area contributed by atoms with Crippen molar-refractivity contribution in [2.75, 3.05) is 5.75 Å². The van der Waals surface area contributed by atoms with Crippen molar-refractivity contribution in [2.45, 2.75) is 25.8 Å². The Labute approximate surface area is 99.6 Å². The SMILES string of the molecule is C/C(=N\OC(=O)N[C@H]1C=CS(=O)(=O)C1)C1CC1. The molecule has 0 spiro atoms. The van der Waals surface area contributed by atoms with E-state index in [0.29, 0.717) is 5.92 Å². The lowest BCUT2D eigenvalue weighted by Gasteiger charge is -2.07. The van der Waals surface area contributed by atoms with Crippen molar-refractivity contribution in [2.24, 2.45) is 11.1 Å². The number of rotatable bonds is 3. The molecule has 0 radical (unpaired) electrons. The van der Waals surface area contributed by atoms with E-state index in [4.69, 9.17) is 0 Å². The van der Waals surface area contributed by atoms with Crippen LogP contribution >= 0.6 is 0 Å². The first kappa shape index (κ1) is 12.1. The van der Waals surface area contributed by atoms with Gasteiger partial charge in [-0.15, -0.1) is 0 Å². The van der Waals surface area contributed by atoms with Crippen molar-refractivity contribution in [3.63, 3.8) is 0 Å². The van der Waals surface area contributed by atoms with Crippen LogP contribution < -0.4 is 5.32 Å². The Morgan fingerprint density at radius 2 is 2.18 bits per heavy atom. The summed E-state index contributed by atoms with van der Waals surface area (Å²) in [7, 11) is -3.16. The van der Waals surface area contributed by atoms with Gasteiger partial charge in [-0.05, 0) is 25.8 Å². The van der Waals surface area contributed by atoms with E-state index in [0.717, 1.165) is 24.0 Å². The van der Waals surface area contributed by atoms with Gasteiger partial charge in [0.15, 0.2) is 9.84 Å². The second kappa shape index (κ2) is 4.48. The predicted octanol–water partition coefficient (Wildman–Crippen LogP) is 0.809. The average Bonchev–Trinajstić information content (AvgIpc) is 3.02. The smallest absolute Gasteiger partial charge is 0.312 e. The van der Waals surface area contributed by atoms with Crippen LogP contribution in [0.15, 0.2) is 16.6 Å². The molecule has 0 saturated heterocycles. The summed E-state index contributed by atoms with van der Waals surface area (Å²) < 4.78 is 22.2. The van der Waals surface area contributed by atoms with E-state index in [1.807, 2.05) is 6.92 Å². The van der Waals surface area contributed by atoms with Crippen LogP contribution in [-0.4, -0.2) is 32.0 Å². The molecule has 1 N–H and O–H groups in total. The summed E-state index contributed by atoms with van der Waals surface area (Å²) in [6.45, 7) is 1.81. The van der Waals surface area contributed by atoms with Crippen molar-refractivity contribution in [3.8, 4) is 0 Å². The predicted molar refractivity (Wildman–Crippen MR) is 62.2 cm³/mol. The van der Waals surface area contributed by atoms with Crippen LogP contribution in [0.25, 0.3) is 0 Å². The number of carbonyl (C=O) groups is 1. The van der Waals surface area contributed by atoms with E-state index >= 15 is 0 Å². The molecule has 17 heavy (non-hydrogen) atoms. The Bertz CT molecular complexity index is 477. The Hall–Kier alpha value is -1.37. The topological polar surface area (TPSA) is 84.8 Å². The van der Waals surface area contributed by atoms with Crippen LogP contribution in [0.1, 0.15) is 19.8 Å². The van der Waals surface area contributed by atoms with Gasteiger partial charge < -0.3 is 5.32 Å². The van der Waals surface area contributed by atoms with Crippen LogP contribution in [0.3, 0.4) is 0 Å². The lowest BCUT2D eigenvalue weighted by atomic mass is 10.3. The molecule has 1 aliphatic heterocycles. The van der Waals surface area contributed by atoms with Gasteiger partial charge in [-0.2, -0.15) is 0 Å². The first-order valence-corrected chi connectivity index (χ1v) is 7.11. The summed E-state index contributed by atoms with van der Waals surface area (Å²) in [6, 6.07) is -0.524. The maximum atomic E-state index is 11.3. The Kier molecular flexibility index (Phi) is 3.19. The second-order valence-corrected chi connectivity index (χ2v) is 6.23. The first-order valence-electron chi connectivity index (χ1n) is 5.39. The zero-order valence-electron chi connectivity index (χ0n) is 9.42. The zero-order valence-corrected chi connectivity index (χ0v) is 10.2. The fourth-order valence-electron chi connectivity index (χ4n) is 1.53.